The molecule has 0 bridgehead atoms. The Morgan fingerprint density at radius 1 is 1.09 bits per heavy atom. The van der Waals surface area contributed by atoms with Crippen LogP contribution in [0.1, 0.15) is 37.0 Å². The van der Waals surface area contributed by atoms with Crippen LogP contribution in [0.4, 0.5) is 16.0 Å². The zero-order chi connectivity index (χ0) is 16.7. The van der Waals surface area contributed by atoms with Gasteiger partial charge < -0.3 is 10.2 Å². The van der Waals surface area contributed by atoms with E-state index in [0.29, 0.717) is 17.2 Å². The number of carbonyl (C=O) groups excluding carboxylic acids is 1. The molecule has 1 aromatic heterocycles. The number of carbonyl (C=O) groups is 1. The van der Waals surface area contributed by atoms with Crippen LogP contribution in [-0.2, 0) is 0 Å². The van der Waals surface area contributed by atoms with Crippen LogP contribution in [0.25, 0.3) is 0 Å². The van der Waals surface area contributed by atoms with Gasteiger partial charge in [0, 0.05) is 31.2 Å². The third-order valence-electron chi connectivity index (χ3n) is 3.27. The van der Waals surface area contributed by atoms with E-state index in [2.05, 4.69) is 15.3 Å². The summed E-state index contributed by atoms with van der Waals surface area (Å²) in [6.45, 7) is 5.54. The molecule has 0 aliphatic heterocycles. The van der Waals surface area contributed by atoms with E-state index >= 15 is 0 Å². The molecular weight excluding hydrogens is 295 g/mol. The van der Waals surface area contributed by atoms with Crippen LogP contribution in [0.15, 0.2) is 36.7 Å². The number of nitrogens with zero attached hydrogens (tertiary/aromatic N) is 3. The zero-order valence-corrected chi connectivity index (χ0v) is 13.4. The molecule has 1 heterocycles. The predicted octanol–water partition coefficient (Wildman–Crippen LogP) is 3.62. The number of nitrogens with one attached hydrogen (secondary N) is 1. The van der Waals surface area contributed by atoms with Crippen molar-refractivity contribution in [3.8, 4) is 0 Å². The zero-order valence-electron chi connectivity index (χ0n) is 13.4. The average Bonchev–Trinajstić information content (AvgIpc) is 2.57. The Morgan fingerprint density at radius 2 is 1.65 bits per heavy atom. The van der Waals surface area contributed by atoms with E-state index in [0.717, 1.165) is 25.9 Å². The smallest absolute Gasteiger partial charge is 0.256 e. The first-order chi connectivity index (χ1) is 11.1. The van der Waals surface area contributed by atoms with Gasteiger partial charge in [-0.25, -0.2) is 14.4 Å². The second-order valence-corrected chi connectivity index (χ2v) is 5.22. The molecule has 1 N–H and O–H groups in total. The van der Waals surface area contributed by atoms with Gasteiger partial charge in [-0.05, 0) is 37.1 Å². The summed E-state index contributed by atoms with van der Waals surface area (Å²) in [4.78, 5) is 22.5. The molecule has 0 aliphatic rings. The summed E-state index contributed by atoms with van der Waals surface area (Å²) in [5.74, 6) is 0.0112. The van der Waals surface area contributed by atoms with Gasteiger partial charge in [0.05, 0.1) is 5.56 Å². The van der Waals surface area contributed by atoms with Crippen molar-refractivity contribution in [2.75, 3.05) is 18.4 Å². The van der Waals surface area contributed by atoms with E-state index in [1.54, 1.807) is 12.1 Å². The van der Waals surface area contributed by atoms with E-state index in [9.17, 15) is 9.18 Å². The number of halogens is 1. The maximum atomic E-state index is 12.9. The highest BCUT2D eigenvalue weighted by Gasteiger charge is 2.15. The molecule has 2 rings (SSSR count). The number of benzene rings is 1. The molecule has 5 nitrogen and oxygen atoms in total. The Bertz CT molecular complexity index is 622. The summed E-state index contributed by atoms with van der Waals surface area (Å²) in [6.07, 6.45) is 4.85. The molecule has 0 saturated carbocycles. The Morgan fingerprint density at radius 3 is 2.17 bits per heavy atom. The van der Waals surface area contributed by atoms with Crippen LogP contribution in [0.2, 0.25) is 0 Å². The van der Waals surface area contributed by atoms with Gasteiger partial charge in [0.1, 0.15) is 5.82 Å². The van der Waals surface area contributed by atoms with Gasteiger partial charge in [0.25, 0.3) is 5.91 Å². The second-order valence-electron chi connectivity index (χ2n) is 5.22. The lowest BCUT2D eigenvalue weighted by molar-refractivity contribution is 0.0754. The molecule has 0 atom stereocenters. The molecule has 0 unspecified atom stereocenters. The standard InChI is InChI=1S/C17H21FN4O/c1-3-9-22(10-4-2)16(23)13-11-19-17(20-12-13)21-15-7-5-14(18)6-8-15/h5-8,11-12H,3-4,9-10H2,1-2H3,(H,19,20,21). The van der Waals surface area contributed by atoms with Crippen molar-refractivity contribution in [2.24, 2.45) is 0 Å². The third kappa shape index (κ3) is 4.74. The number of rotatable bonds is 7. The number of hydrogen-bond donors (Lipinski definition) is 1. The fourth-order valence-electron chi connectivity index (χ4n) is 2.20. The van der Waals surface area contributed by atoms with Crippen molar-refractivity contribution in [1.29, 1.82) is 0 Å². The highest BCUT2D eigenvalue weighted by Crippen LogP contribution is 2.13. The molecule has 122 valence electrons. The van der Waals surface area contributed by atoms with Crippen LogP contribution in [-0.4, -0.2) is 33.9 Å². The minimum Gasteiger partial charge on any atom is -0.339 e. The van der Waals surface area contributed by atoms with Gasteiger partial charge in [-0.1, -0.05) is 13.8 Å². The Balaban J connectivity index is 2.05. The Labute approximate surface area is 135 Å². The topological polar surface area (TPSA) is 58.1 Å². The van der Waals surface area contributed by atoms with Crippen molar-refractivity contribution in [2.45, 2.75) is 26.7 Å². The normalized spacial score (nSPS) is 10.4. The summed E-state index contributed by atoms with van der Waals surface area (Å²) < 4.78 is 12.9. The molecule has 23 heavy (non-hydrogen) atoms. The molecule has 2 aromatic rings. The second kappa shape index (κ2) is 8.22. The first-order valence-electron chi connectivity index (χ1n) is 7.78. The van der Waals surface area contributed by atoms with Gasteiger partial charge in [-0.3, -0.25) is 4.79 Å². The van der Waals surface area contributed by atoms with Crippen molar-refractivity contribution in [3.63, 3.8) is 0 Å². The molecule has 1 amide bonds. The molecule has 0 fully saturated rings. The molecule has 0 radical (unpaired) electrons. The molecule has 0 aliphatic carbocycles. The summed E-state index contributed by atoms with van der Waals surface area (Å²) in [6, 6.07) is 5.91. The van der Waals surface area contributed by atoms with Gasteiger partial charge in [-0.15, -0.1) is 0 Å². The number of aromatic nitrogens is 2. The quantitative estimate of drug-likeness (QED) is 0.847. The lowest BCUT2D eigenvalue weighted by Crippen LogP contribution is -2.32. The summed E-state index contributed by atoms with van der Waals surface area (Å²) >= 11 is 0. The van der Waals surface area contributed by atoms with Gasteiger partial charge in [-0.2, -0.15) is 0 Å². The molecule has 1 aromatic carbocycles. The SMILES string of the molecule is CCCN(CCC)C(=O)c1cnc(Nc2ccc(F)cc2)nc1. The minimum atomic E-state index is -0.302. The fraction of sp³-hybridized carbons (Fsp3) is 0.353. The Kier molecular flexibility index (Phi) is 6.02. The summed E-state index contributed by atoms with van der Waals surface area (Å²) in [7, 11) is 0. The van der Waals surface area contributed by atoms with Crippen molar-refractivity contribution in [3.05, 3.63) is 48.0 Å². The highest BCUT2D eigenvalue weighted by molar-refractivity contribution is 5.93. The largest absolute Gasteiger partial charge is 0.339 e. The van der Waals surface area contributed by atoms with Crippen LogP contribution in [0.5, 0.6) is 0 Å². The molecule has 0 saturated heterocycles. The number of amides is 1. The van der Waals surface area contributed by atoms with Gasteiger partial charge in [0.2, 0.25) is 5.95 Å². The first kappa shape index (κ1) is 16.9. The highest BCUT2D eigenvalue weighted by atomic mass is 19.1. The summed E-state index contributed by atoms with van der Waals surface area (Å²) in [5.41, 5.74) is 1.15. The number of hydrogen-bond acceptors (Lipinski definition) is 4. The lowest BCUT2D eigenvalue weighted by atomic mass is 10.2. The van der Waals surface area contributed by atoms with Crippen molar-refractivity contribution in [1.82, 2.24) is 14.9 Å². The molecule has 0 spiro atoms. The minimum absolute atomic E-state index is 0.0537. The van der Waals surface area contributed by atoms with Crippen LogP contribution < -0.4 is 5.32 Å². The maximum Gasteiger partial charge on any atom is 0.256 e. The van der Waals surface area contributed by atoms with E-state index < -0.39 is 0 Å². The lowest BCUT2D eigenvalue weighted by Gasteiger charge is -2.21. The van der Waals surface area contributed by atoms with E-state index in [4.69, 9.17) is 0 Å². The fourth-order valence-corrected chi connectivity index (χ4v) is 2.20. The Hall–Kier alpha value is -2.50. The van der Waals surface area contributed by atoms with E-state index in [1.807, 2.05) is 18.7 Å². The van der Waals surface area contributed by atoms with Gasteiger partial charge in [0.15, 0.2) is 0 Å². The molecule has 6 heteroatoms. The maximum absolute atomic E-state index is 12.9. The average molecular weight is 316 g/mol. The number of anilines is 2. The monoisotopic (exact) mass is 316 g/mol. The van der Waals surface area contributed by atoms with Crippen LogP contribution >= 0.6 is 0 Å². The molecular formula is C17H21FN4O. The van der Waals surface area contributed by atoms with Crippen molar-refractivity contribution < 1.29 is 9.18 Å². The van der Waals surface area contributed by atoms with Gasteiger partial charge >= 0.3 is 0 Å². The third-order valence-corrected chi connectivity index (χ3v) is 3.27. The first-order valence-corrected chi connectivity index (χ1v) is 7.78. The van der Waals surface area contributed by atoms with E-state index in [1.165, 1.54) is 24.5 Å². The van der Waals surface area contributed by atoms with Crippen LogP contribution in [0, 0.1) is 5.82 Å². The van der Waals surface area contributed by atoms with E-state index in [-0.39, 0.29) is 11.7 Å². The van der Waals surface area contributed by atoms with Crippen LogP contribution in [0.3, 0.4) is 0 Å². The predicted molar refractivity (Wildman–Crippen MR) is 88.2 cm³/mol. The van der Waals surface area contributed by atoms with Crippen molar-refractivity contribution >= 4 is 17.5 Å². The summed E-state index contributed by atoms with van der Waals surface area (Å²) in [5, 5.41) is 2.96.